The SMILES string of the molecule is COC(OC)c1nc(N(C)C(=O)OC(C)(C)C)ccc1C1CCN(C(=O)OC(C)(C)C)CC1. The van der Waals surface area contributed by atoms with E-state index in [-0.39, 0.29) is 12.0 Å². The summed E-state index contributed by atoms with van der Waals surface area (Å²) in [5, 5.41) is 0. The Kier molecular flexibility index (Phi) is 8.70. The van der Waals surface area contributed by atoms with E-state index in [1.54, 1.807) is 32.2 Å². The Balaban J connectivity index is 2.24. The highest BCUT2D eigenvalue weighted by Crippen LogP contribution is 2.35. The summed E-state index contributed by atoms with van der Waals surface area (Å²) in [6.45, 7) is 12.2. The molecule has 0 N–H and O–H groups in total. The number of anilines is 1. The maximum atomic E-state index is 12.5. The van der Waals surface area contributed by atoms with Gasteiger partial charge in [-0.1, -0.05) is 6.07 Å². The van der Waals surface area contributed by atoms with E-state index in [9.17, 15) is 9.59 Å². The lowest BCUT2D eigenvalue weighted by atomic mass is 9.88. The second kappa shape index (κ2) is 10.7. The molecule has 1 aliphatic heterocycles. The summed E-state index contributed by atoms with van der Waals surface area (Å²) in [4.78, 5) is 32.7. The van der Waals surface area contributed by atoms with Gasteiger partial charge < -0.3 is 23.8 Å². The first-order valence-corrected chi connectivity index (χ1v) is 11.3. The minimum atomic E-state index is -0.684. The van der Waals surface area contributed by atoms with Crippen LogP contribution in [-0.4, -0.2) is 67.6 Å². The number of methoxy groups -OCH3 is 2. The third-order valence-electron chi connectivity index (χ3n) is 5.19. The van der Waals surface area contributed by atoms with Gasteiger partial charge in [0.25, 0.3) is 0 Å². The van der Waals surface area contributed by atoms with Crippen LogP contribution in [0.4, 0.5) is 15.4 Å². The van der Waals surface area contributed by atoms with Crippen LogP contribution in [0.2, 0.25) is 0 Å². The van der Waals surface area contributed by atoms with Crippen LogP contribution in [0.15, 0.2) is 12.1 Å². The van der Waals surface area contributed by atoms with E-state index in [4.69, 9.17) is 23.9 Å². The van der Waals surface area contributed by atoms with Gasteiger partial charge in [0.05, 0.1) is 0 Å². The number of hydrogen-bond acceptors (Lipinski definition) is 7. The molecule has 9 heteroatoms. The summed E-state index contributed by atoms with van der Waals surface area (Å²) in [6, 6.07) is 3.75. The van der Waals surface area contributed by atoms with Crippen molar-refractivity contribution < 1.29 is 28.5 Å². The van der Waals surface area contributed by atoms with Crippen molar-refractivity contribution in [1.29, 1.82) is 0 Å². The van der Waals surface area contributed by atoms with E-state index < -0.39 is 23.6 Å². The largest absolute Gasteiger partial charge is 0.444 e. The Morgan fingerprint density at radius 2 is 1.55 bits per heavy atom. The lowest BCUT2D eigenvalue weighted by Gasteiger charge is -2.34. The van der Waals surface area contributed by atoms with Crippen LogP contribution in [0.25, 0.3) is 0 Å². The van der Waals surface area contributed by atoms with Crippen LogP contribution < -0.4 is 4.90 Å². The van der Waals surface area contributed by atoms with Crippen molar-refractivity contribution in [2.24, 2.45) is 0 Å². The maximum absolute atomic E-state index is 12.5. The molecule has 1 aromatic rings. The van der Waals surface area contributed by atoms with Gasteiger partial charge in [-0.3, -0.25) is 4.90 Å². The van der Waals surface area contributed by atoms with Gasteiger partial charge >= 0.3 is 12.2 Å². The summed E-state index contributed by atoms with van der Waals surface area (Å²) in [5.41, 5.74) is 0.459. The zero-order valence-corrected chi connectivity index (χ0v) is 21.4. The molecule has 2 rings (SSSR count). The average Bonchev–Trinajstić information content (AvgIpc) is 2.71. The van der Waals surface area contributed by atoms with Gasteiger partial charge in [-0.25, -0.2) is 14.6 Å². The number of nitrogens with zero attached hydrogens (tertiary/aromatic N) is 3. The van der Waals surface area contributed by atoms with E-state index in [2.05, 4.69) is 0 Å². The molecule has 0 atom stereocenters. The highest BCUT2D eigenvalue weighted by atomic mass is 16.7. The lowest BCUT2D eigenvalue weighted by Crippen LogP contribution is -2.41. The highest BCUT2D eigenvalue weighted by Gasteiger charge is 2.31. The molecule has 0 saturated carbocycles. The number of carbonyl (C=O) groups is 2. The van der Waals surface area contributed by atoms with Crippen molar-refractivity contribution in [2.45, 2.75) is 77.8 Å². The zero-order valence-electron chi connectivity index (χ0n) is 21.4. The minimum absolute atomic E-state index is 0.167. The Hall–Kier alpha value is -2.39. The molecule has 1 aromatic heterocycles. The van der Waals surface area contributed by atoms with Crippen LogP contribution in [-0.2, 0) is 18.9 Å². The molecule has 1 saturated heterocycles. The van der Waals surface area contributed by atoms with Crippen molar-refractivity contribution >= 4 is 18.0 Å². The predicted molar refractivity (Wildman–Crippen MR) is 125 cm³/mol. The van der Waals surface area contributed by atoms with Gasteiger partial charge in [0.2, 0.25) is 6.29 Å². The minimum Gasteiger partial charge on any atom is -0.444 e. The number of hydrogen-bond donors (Lipinski definition) is 0. The van der Waals surface area contributed by atoms with Crippen molar-refractivity contribution in [1.82, 2.24) is 9.88 Å². The molecule has 0 aliphatic carbocycles. The van der Waals surface area contributed by atoms with Crippen molar-refractivity contribution in [3.8, 4) is 0 Å². The van der Waals surface area contributed by atoms with Crippen LogP contribution in [0.1, 0.15) is 77.8 Å². The highest BCUT2D eigenvalue weighted by molar-refractivity contribution is 5.86. The molecule has 186 valence electrons. The number of pyridine rings is 1. The molecule has 1 aliphatic rings. The Bertz CT molecular complexity index is 818. The molecule has 0 spiro atoms. The van der Waals surface area contributed by atoms with Crippen LogP contribution >= 0.6 is 0 Å². The van der Waals surface area contributed by atoms with Crippen molar-refractivity contribution in [3.05, 3.63) is 23.4 Å². The second-order valence-corrected chi connectivity index (χ2v) is 10.2. The molecule has 2 heterocycles. The molecule has 33 heavy (non-hydrogen) atoms. The number of likely N-dealkylation sites (tertiary alicyclic amines) is 1. The monoisotopic (exact) mass is 465 g/mol. The van der Waals surface area contributed by atoms with E-state index in [1.807, 2.05) is 47.6 Å². The van der Waals surface area contributed by atoms with Gasteiger partial charge in [-0.05, 0) is 71.9 Å². The zero-order chi connectivity index (χ0) is 25.0. The van der Waals surface area contributed by atoms with Gasteiger partial charge in [-0.2, -0.15) is 0 Å². The number of amides is 2. The first-order valence-electron chi connectivity index (χ1n) is 11.3. The quantitative estimate of drug-likeness (QED) is 0.574. The average molecular weight is 466 g/mol. The van der Waals surface area contributed by atoms with Gasteiger partial charge in [0, 0.05) is 34.4 Å². The van der Waals surface area contributed by atoms with Gasteiger partial charge in [0.15, 0.2) is 0 Å². The molecule has 9 nitrogen and oxygen atoms in total. The maximum Gasteiger partial charge on any atom is 0.415 e. The second-order valence-electron chi connectivity index (χ2n) is 10.2. The van der Waals surface area contributed by atoms with Crippen molar-refractivity contribution in [3.63, 3.8) is 0 Å². The molecule has 0 unspecified atom stereocenters. The summed E-state index contributed by atoms with van der Waals surface area (Å²) >= 11 is 0. The lowest BCUT2D eigenvalue weighted by molar-refractivity contribution is -0.109. The Morgan fingerprint density at radius 3 is 2.03 bits per heavy atom. The van der Waals surface area contributed by atoms with Gasteiger partial charge in [-0.15, -0.1) is 0 Å². The summed E-state index contributed by atoms with van der Waals surface area (Å²) in [6.07, 6.45) is 0.0481. The molecule has 2 amide bonds. The first-order chi connectivity index (χ1) is 15.3. The fourth-order valence-electron chi connectivity index (χ4n) is 3.64. The number of ether oxygens (including phenoxy) is 4. The standard InChI is InChI=1S/C24H39N3O6/c1-23(2,3)32-21(28)26(7)18-11-10-17(19(25-18)20(30-8)31-9)16-12-14-27(15-13-16)22(29)33-24(4,5)6/h10-11,16,20H,12-15H2,1-9H3. The topological polar surface area (TPSA) is 90.4 Å². The molecule has 1 fully saturated rings. The van der Waals surface area contributed by atoms with Crippen LogP contribution in [0.5, 0.6) is 0 Å². The predicted octanol–water partition coefficient (Wildman–Crippen LogP) is 4.86. The van der Waals surface area contributed by atoms with Crippen LogP contribution in [0.3, 0.4) is 0 Å². The summed E-state index contributed by atoms with van der Waals surface area (Å²) in [5.74, 6) is 0.605. The van der Waals surface area contributed by atoms with E-state index in [1.165, 1.54) is 4.90 Å². The summed E-state index contributed by atoms with van der Waals surface area (Å²) in [7, 11) is 4.72. The molecule has 0 aromatic carbocycles. The van der Waals surface area contributed by atoms with E-state index >= 15 is 0 Å². The Morgan fingerprint density at radius 1 is 1.00 bits per heavy atom. The molecule has 0 bridgehead atoms. The van der Waals surface area contributed by atoms with Crippen molar-refractivity contribution in [2.75, 3.05) is 39.3 Å². The normalized spacial score (nSPS) is 15.5. The summed E-state index contributed by atoms with van der Waals surface area (Å²) < 4.78 is 22.0. The van der Waals surface area contributed by atoms with Gasteiger partial charge in [0.1, 0.15) is 22.7 Å². The third kappa shape index (κ3) is 7.57. The molecular formula is C24H39N3O6. The molecule has 0 radical (unpaired) electrons. The fourth-order valence-corrected chi connectivity index (χ4v) is 3.64. The van der Waals surface area contributed by atoms with E-state index in [0.717, 1.165) is 18.4 Å². The number of piperidine rings is 1. The smallest absolute Gasteiger partial charge is 0.415 e. The third-order valence-corrected chi connectivity index (χ3v) is 5.19. The Labute approximate surface area is 197 Å². The fraction of sp³-hybridized carbons (Fsp3) is 0.708. The first kappa shape index (κ1) is 26.9. The van der Waals surface area contributed by atoms with Crippen LogP contribution in [0, 0.1) is 0 Å². The number of aromatic nitrogens is 1. The molecular weight excluding hydrogens is 426 g/mol. The number of rotatable bonds is 5. The van der Waals surface area contributed by atoms with E-state index in [0.29, 0.717) is 24.6 Å². The number of carbonyl (C=O) groups excluding carboxylic acids is 2.